The molecule has 6 heteroatoms. The number of carboxylic acid groups (broad SMARTS) is 1. The third kappa shape index (κ3) is 5.78. The van der Waals surface area contributed by atoms with E-state index in [-0.39, 0.29) is 11.0 Å². The highest BCUT2D eigenvalue weighted by molar-refractivity contribution is 6.74. The molecule has 0 fully saturated rings. The Labute approximate surface area is 129 Å². The van der Waals surface area contributed by atoms with Crippen LogP contribution >= 0.6 is 0 Å². The second kappa shape index (κ2) is 7.40. The van der Waals surface area contributed by atoms with Crippen molar-refractivity contribution in [3.63, 3.8) is 0 Å². The highest BCUT2D eigenvalue weighted by Gasteiger charge is 2.40. The van der Waals surface area contributed by atoms with Crippen molar-refractivity contribution in [3.8, 4) is 0 Å². The Morgan fingerprint density at radius 1 is 1.19 bits per heavy atom. The molecule has 3 atom stereocenters. The number of hydrogen-bond donors (Lipinski definition) is 1. The molecular weight excluding hydrogens is 288 g/mol. The molecule has 0 spiro atoms. The number of hydrogen-bond acceptors (Lipinski definition) is 4. The average molecular weight is 318 g/mol. The minimum atomic E-state index is -2.09. The van der Waals surface area contributed by atoms with Gasteiger partial charge in [0.1, 0.15) is 6.10 Å². The van der Waals surface area contributed by atoms with Gasteiger partial charge in [0.25, 0.3) is 0 Å². The molecule has 0 aliphatic heterocycles. The first-order chi connectivity index (χ1) is 9.33. The second-order valence-corrected chi connectivity index (χ2v) is 11.9. The van der Waals surface area contributed by atoms with E-state index in [1.165, 1.54) is 0 Å². The van der Waals surface area contributed by atoms with Crippen molar-refractivity contribution < 1.29 is 23.9 Å². The molecule has 5 nitrogen and oxygen atoms in total. The summed E-state index contributed by atoms with van der Waals surface area (Å²) in [5.74, 6) is -1.95. The molecule has 0 aromatic carbocycles. The van der Waals surface area contributed by atoms with Gasteiger partial charge in [-0.3, -0.25) is 0 Å². The van der Waals surface area contributed by atoms with E-state index in [9.17, 15) is 9.59 Å². The molecule has 0 aromatic heterocycles. The lowest BCUT2D eigenvalue weighted by atomic mass is 10.0. The Kier molecular flexibility index (Phi) is 7.09. The zero-order chi connectivity index (χ0) is 17.0. The molecule has 0 aromatic rings. The number of carbonyl (C=O) groups excluding carboxylic acids is 1. The fourth-order valence-corrected chi connectivity index (χ4v) is 2.85. The van der Waals surface area contributed by atoms with Gasteiger partial charge in [-0.25, -0.2) is 9.59 Å². The van der Waals surface area contributed by atoms with Crippen LogP contribution < -0.4 is 0 Å². The van der Waals surface area contributed by atoms with Crippen LogP contribution in [0.15, 0.2) is 0 Å². The van der Waals surface area contributed by atoms with Crippen molar-refractivity contribution in [2.45, 2.75) is 78.3 Å². The number of esters is 1. The van der Waals surface area contributed by atoms with Crippen LogP contribution in [0, 0.1) is 5.92 Å². The zero-order valence-corrected chi connectivity index (χ0v) is 15.5. The molecule has 3 unspecified atom stereocenters. The molecule has 0 saturated carbocycles. The van der Waals surface area contributed by atoms with Gasteiger partial charge in [0.05, 0.1) is 0 Å². The van der Waals surface area contributed by atoms with Crippen LogP contribution in [0.2, 0.25) is 18.1 Å². The van der Waals surface area contributed by atoms with Gasteiger partial charge in [-0.15, -0.1) is 0 Å². The van der Waals surface area contributed by atoms with Gasteiger partial charge in [-0.05, 0) is 31.5 Å². The van der Waals surface area contributed by atoms with Gasteiger partial charge in [0, 0.05) is 5.92 Å². The summed E-state index contributed by atoms with van der Waals surface area (Å²) >= 11 is 0. The Bertz CT molecular complexity index is 373. The van der Waals surface area contributed by atoms with Crippen LogP contribution in [0.3, 0.4) is 0 Å². The number of carbonyl (C=O) groups is 2. The van der Waals surface area contributed by atoms with Crippen molar-refractivity contribution in [1.82, 2.24) is 0 Å². The molecule has 21 heavy (non-hydrogen) atoms. The number of rotatable bonds is 7. The topological polar surface area (TPSA) is 72.8 Å². The van der Waals surface area contributed by atoms with E-state index < -0.39 is 32.5 Å². The lowest BCUT2D eigenvalue weighted by Gasteiger charge is -2.38. The first-order valence-corrected chi connectivity index (χ1v) is 10.4. The number of aliphatic carboxylic acids is 1. The van der Waals surface area contributed by atoms with Gasteiger partial charge in [0.15, 0.2) is 8.32 Å². The third-order valence-electron chi connectivity index (χ3n) is 4.26. The molecule has 0 saturated heterocycles. The Balaban J connectivity index is 4.83. The van der Waals surface area contributed by atoms with E-state index in [4.69, 9.17) is 14.3 Å². The summed E-state index contributed by atoms with van der Waals surface area (Å²) in [5, 5.41) is 9.13. The average Bonchev–Trinajstić information content (AvgIpc) is 2.32. The molecule has 1 N–H and O–H groups in total. The fraction of sp³-hybridized carbons (Fsp3) is 0.867. The van der Waals surface area contributed by atoms with Crippen LogP contribution in [-0.2, 0) is 18.8 Å². The van der Waals surface area contributed by atoms with Crippen LogP contribution in [-0.4, -0.2) is 37.6 Å². The first kappa shape index (κ1) is 20.1. The van der Waals surface area contributed by atoms with Crippen molar-refractivity contribution in [3.05, 3.63) is 0 Å². The van der Waals surface area contributed by atoms with Crippen molar-refractivity contribution in [2.75, 3.05) is 0 Å². The molecule has 0 aliphatic carbocycles. The lowest BCUT2D eigenvalue weighted by Crippen LogP contribution is -2.46. The SMILES string of the molecule is CCC(C)C(OC(=O)C(C)O[Si](C)(C)C(C)(C)C)C(=O)O. The van der Waals surface area contributed by atoms with Crippen LogP contribution in [0.5, 0.6) is 0 Å². The maximum atomic E-state index is 12.1. The van der Waals surface area contributed by atoms with Crippen LogP contribution in [0.25, 0.3) is 0 Å². The predicted molar refractivity (Wildman–Crippen MR) is 84.7 cm³/mol. The summed E-state index contributed by atoms with van der Waals surface area (Å²) in [4.78, 5) is 23.3. The van der Waals surface area contributed by atoms with E-state index >= 15 is 0 Å². The van der Waals surface area contributed by atoms with Crippen molar-refractivity contribution in [1.29, 1.82) is 0 Å². The Morgan fingerprint density at radius 3 is 2.00 bits per heavy atom. The quantitative estimate of drug-likeness (QED) is 0.575. The van der Waals surface area contributed by atoms with Gasteiger partial charge in [-0.2, -0.15) is 0 Å². The summed E-state index contributed by atoms with van der Waals surface area (Å²) < 4.78 is 11.1. The summed E-state index contributed by atoms with van der Waals surface area (Å²) in [6.07, 6.45) is -1.24. The van der Waals surface area contributed by atoms with E-state index in [1.54, 1.807) is 13.8 Å². The molecule has 124 valence electrons. The van der Waals surface area contributed by atoms with Crippen molar-refractivity contribution >= 4 is 20.3 Å². The first-order valence-electron chi connectivity index (χ1n) is 7.44. The molecule has 0 bridgehead atoms. The van der Waals surface area contributed by atoms with Crippen LogP contribution in [0.1, 0.15) is 48.0 Å². The van der Waals surface area contributed by atoms with Gasteiger partial charge in [0.2, 0.25) is 6.10 Å². The van der Waals surface area contributed by atoms with E-state index in [0.29, 0.717) is 6.42 Å². The third-order valence-corrected chi connectivity index (χ3v) is 8.81. The fourth-order valence-electron chi connectivity index (χ4n) is 1.51. The van der Waals surface area contributed by atoms with E-state index in [2.05, 4.69) is 20.8 Å². The van der Waals surface area contributed by atoms with Gasteiger partial charge < -0.3 is 14.3 Å². The van der Waals surface area contributed by atoms with E-state index in [0.717, 1.165) is 0 Å². The summed E-state index contributed by atoms with van der Waals surface area (Å²) in [6.45, 7) is 15.6. The highest BCUT2D eigenvalue weighted by atomic mass is 28.4. The van der Waals surface area contributed by atoms with Gasteiger partial charge >= 0.3 is 11.9 Å². The highest BCUT2D eigenvalue weighted by Crippen LogP contribution is 2.37. The summed E-state index contributed by atoms with van der Waals surface area (Å²) in [5.41, 5.74) is 0. The minimum absolute atomic E-state index is 0.0234. The molecule has 0 aliphatic rings. The largest absolute Gasteiger partial charge is 0.478 e. The maximum absolute atomic E-state index is 12.1. The lowest BCUT2D eigenvalue weighted by molar-refractivity contribution is -0.172. The molecule has 0 heterocycles. The second-order valence-electron chi connectivity index (χ2n) is 7.10. The smallest absolute Gasteiger partial charge is 0.345 e. The standard InChI is InChI=1S/C15H30O5Si/c1-9-10(2)12(13(16)17)19-14(18)11(3)20-21(7,8)15(4,5)6/h10-12H,9H2,1-8H3,(H,16,17). The number of carboxylic acids is 1. The molecule has 0 amide bonds. The van der Waals surface area contributed by atoms with Gasteiger partial charge in [-0.1, -0.05) is 34.6 Å². The Morgan fingerprint density at radius 2 is 1.67 bits per heavy atom. The molecule has 0 radical (unpaired) electrons. The minimum Gasteiger partial charge on any atom is -0.478 e. The molecule has 0 rings (SSSR count). The Hall–Kier alpha value is -0.883. The summed E-state index contributed by atoms with van der Waals surface area (Å²) in [7, 11) is -2.09. The van der Waals surface area contributed by atoms with Crippen LogP contribution in [0.4, 0.5) is 0 Å². The normalized spacial score (nSPS) is 17.0. The predicted octanol–water partition coefficient (Wildman–Crippen LogP) is 3.44. The maximum Gasteiger partial charge on any atom is 0.345 e. The number of ether oxygens (including phenoxy) is 1. The van der Waals surface area contributed by atoms with E-state index in [1.807, 2.05) is 20.0 Å². The summed E-state index contributed by atoms with van der Waals surface area (Å²) in [6, 6.07) is 0. The zero-order valence-electron chi connectivity index (χ0n) is 14.5. The van der Waals surface area contributed by atoms with Crippen molar-refractivity contribution in [2.24, 2.45) is 5.92 Å². The molecular formula is C15H30O5Si. The monoisotopic (exact) mass is 318 g/mol.